The van der Waals surface area contributed by atoms with E-state index in [1.54, 1.807) is 11.0 Å². The summed E-state index contributed by atoms with van der Waals surface area (Å²) in [6, 6.07) is 14.6. The van der Waals surface area contributed by atoms with Crippen molar-refractivity contribution in [3.05, 3.63) is 54.1 Å². The normalized spacial score (nSPS) is 13.8. The largest absolute Gasteiger partial charge is 0.492 e. The number of carbonyl (C=O) groups is 3. The molecule has 0 atom stereocenters. The van der Waals surface area contributed by atoms with Crippen molar-refractivity contribution >= 4 is 46.1 Å². The van der Waals surface area contributed by atoms with Crippen LogP contribution in [-0.4, -0.2) is 87.7 Å². The van der Waals surface area contributed by atoms with Crippen LogP contribution >= 0.6 is 0 Å². The van der Waals surface area contributed by atoms with Crippen molar-refractivity contribution in [3.8, 4) is 11.5 Å². The van der Waals surface area contributed by atoms with Gasteiger partial charge in [0, 0.05) is 43.5 Å². The first-order chi connectivity index (χ1) is 21.1. The van der Waals surface area contributed by atoms with Crippen molar-refractivity contribution in [1.29, 1.82) is 0 Å². The number of hydrogen-bond acceptors (Lipinski definition) is 7. The maximum absolute atomic E-state index is 13.5. The average molecular weight is 605 g/mol. The van der Waals surface area contributed by atoms with E-state index in [4.69, 9.17) is 14.2 Å². The van der Waals surface area contributed by atoms with Gasteiger partial charge in [-0.25, -0.2) is 4.79 Å². The summed E-state index contributed by atoms with van der Waals surface area (Å²) >= 11 is 0. The Morgan fingerprint density at radius 1 is 1.00 bits per heavy atom. The van der Waals surface area contributed by atoms with Crippen LogP contribution in [0.3, 0.4) is 0 Å². The summed E-state index contributed by atoms with van der Waals surface area (Å²) < 4.78 is 17.5. The fraction of sp³-hybridized carbons (Fsp3) is 0.441. The molecule has 10 nitrogen and oxygen atoms in total. The minimum absolute atomic E-state index is 0.267. The van der Waals surface area contributed by atoms with Gasteiger partial charge in [-0.1, -0.05) is 45.0 Å². The van der Waals surface area contributed by atoms with E-state index in [1.165, 1.54) is 12.0 Å². The highest BCUT2D eigenvalue weighted by Gasteiger charge is 2.29. The number of aldehydes is 1. The number of amides is 3. The summed E-state index contributed by atoms with van der Waals surface area (Å²) in [5.74, 6) is 0.170. The Morgan fingerprint density at radius 2 is 1.68 bits per heavy atom. The van der Waals surface area contributed by atoms with Crippen molar-refractivity contribution in [2.45, 2.75) is 40.0 Å². The molecule has 0 spiro atoms. The van der Waals surface area contributed by atoms with Gasteiger partial charge < -0.3 is 24.4 Å². The van der Waals surface area contributed by atoms with Crippen molar-refractivity contribution < 1.29 is 28.6 Å². The van der Waals surface area contributed by atoms with Crippen LogP contribution in [0.25, 0.3) is 10.8 Å². The molecule has 10 heteroatoms. The molecule has 0 saturated carbocycles. The lowest BCUT2D eigenvalue weighted by Crippen LogP contribution is -2.38. The van der Waals surface area contributed by atoms with E-state index in [0.29, 0.717) is 48.8 Å². The summed E-state index contributed by atoms with van der Waals surface area (Å²) in [5.41, 5.74) is 1.73. The SMILES string of the molecule is CCN(CC)C(=O)Nc1cc(C(C)(C)C)cc(N(C(=O)C=O)c2ccc(OCCN3CCOCC3)c3ccccc23)c1OC. The quantitative estimate of drug-likeness (QED) is 0.225. The fourth-order valence-corrected chi connectivity index (χ4v) is 5.33. The molecule has 1 fully saturated rings. The number of anilines is 3. The summed E-state index contributed by atoms with van der Waals surface area (Å²) in [6.45, 7) is 15.4. The summed E-state index contributed by atoms with van der Waals surface area (Å²) in [4.78, 5) is 44.1. The summed E-state index contributed by atoms with van der Waals surface area (Å²) in [6.07, 6.45) is 0.291. The van der Waals surface area contributed by atoms with E-state index in [-0.39, 0.29) is 17.2 Å². The molecular formula is C34H44N4O6. The maximum atomic E-state index is 13.5. The summed E-state index contributed by atoms with van der Waals surface area (Å²) in [5, 5.41) is 4.51. The number of nitrogens with zero attached hydrogens (tertiary/aromatic N) is 3. The topological polar surface area (TPSA) is 101 Å². The van der Waals surface area contributed by atoms with Gasteiger partial charge in [0.2, 0.25) is 6.29 Å². The zero-order valence-corrected chi connectivity index (χ0v) is 26.6. The Labute approximate surface area is 259 Å². The second-order valence-electron chi connectivity index (χ2n) is 11.7. The van der Waals surface area contributed by atoms with Crippen LogP contribution in [0.15, 0.2) is 48.5 Å². The van der Waals surface area contributed by atoms with Gasteiger partial charge in [-0.15, -0.1) is 0 Å². The van der Waals surface area contributed by atoms with Gasteiger partial charge in [-0.3, -0.25) is 19.4 Å². The lowest BCUT2D eigenvalue weighted by Gasteiger charge is -2.30. The Morgan fingerprint density at radius 3 is 2.30 bits per heavy atom. The van der Waals surface area contributed by atoms with E-state index in [0.717, 1.165) is 49.2 Å². The van der Waals surface area contributed by atoms with Crippen LogP contribution < -0.4 is 19.7 Å². The van der Waals surface area contributed by atoms with Gasteiger partial charge >= 0.3 is 6.03 Å². The Balaban J connectivity index is 1.83. The number of fused-ring (bicyclic) bond motifs is 1. The minimum Gasteiger partial charge on any atom is -0.492 e. The molecule has 0 aliphatic carbocycles. The number of urea groups is 1. The van der Waals surface area contributed by atoms with E-state index >= 15 is 0 Å². The molecule has 1 saturated heterocycles. The molecule has 1 N–H and O–H groups in total. The zero-order valence-electron chi connectivity index (χ0n) is 26.6. The number of morpholine rings is 1. The predicted molar refractivity (Wildman–Crippen MR) is 174 cm³/mol. The van der Waals surface area contributed by atoms with Crippen molar-refractivity contribution in [1.82, 2.24) is 9.80 Å². The van der Waals surface area contributed by atoms with Crippen LogP contribution in [0, 0.1) is 0 Å². The fourth-order valence-electron chi connectivity index (χ4n) is 5.33. The highest BCUT2D eigenvalue weighted by atomic mass is 16.5. The van der Waals surface area contributed by atoms with Crippen LogP contribution in [0.2, 0.25) is 0 Å². The molecule has 3 aromatic carbocycles. The van der Waals surface area contributed by atoms with Gasteiger partial charge in [0.1, 0.15) is 12.4 Å². The van der Waals surface area contributed by atoms with Crippen molar-refractivity contribution in [2.75, 3.05) is 69.9 Å². The number of ether oxygens (including phenoxy) is 3. The number of rotatable bonds is 11. The molecule has 236 valence electrons. The third kappa shape index (κ3) is 7.31. The minimum atomic E-state index is -0.776. The third-order valence-corrected chi connectivity index (χ3v) is 7.86. The Kier molecular flexibility index (Phi) is 10.8. The van der Waals surface area contributed by atoms with Gasteiger partial charge in [-0.2, -0.15) is 0 Å². The molecule has 0 bridgehead atoms. The molecular weight excluding hydrogens is 560 g/mol. The lowest BCUT2D eigenvalue weighted by atomic mass is 9.86. The molecule has 1 aliphatic heterocycles. The molecule has 1 aliphatic rings. The van der Waals surface area contributed by atoms with Gasteiger partial charge in [-0.05, 0) is 49.1 Å². The zero-order chi connectivity index (χ0) is 31.9. The number of benzene rings is 3. The number of methoxy groups -OCH3 is 1. The Hall–Kier alpha value is -4.15. The molecule has 3 amide bonds. The average Bonchev–Trinajstić information content (AvgIpc) is 3.02. The second-order valence-corrected chi connectivity index (χ2v) is 11.7. The lowest BCUT2D eigenvalue weighted by molar-refractivity contribution is -0.129. The van der Waals surface area contributed by atoms with Gasteiger partial charge in [0.05, 0.1) is 37.4 Å². The van der Waals surface area contributed by atoms with Crippen LogP contribution in [0.4, 0.5) is 21.9 Å². The Bertz CT molecular complexity index is 1470. The van der Waals surface area contributed by atoms with E-state index < -0.39 is 5.91 Å². The maximum Gasteiger partial charge on any atom is 0.321 e. The van der Waals surface area contributed by atoms with Gasteiger partial charge in [0.15, 0.2) is 5.75 Å². The first-order valence-corrected chi connectivity index (χ1v) is 15.1. The van der Waals surface area contributed by atoms with Crippen LogP contribution in [0.5, 0.6) is 11.5 Å². The number of nitrogens with one attached hydrogen (secondary N) is 1. The van der Waals surface area contributed by atoms with Crippen molar-refractivity contribution in [2.24, 2.45) is 0 Å². The van der Waals surface area contributed by atoms with E-state index in [2.05, 4.69) is 10.2 Å². The molecule has 0 unspecified atom stereocenters. The first kappa shape index (κ1) is 32.8. The molecule has 3 aromatic rings. The van der Waals surface area contributed by atoms with E-state index in [1.807, 2.05) is 77.1 Å². The first-order valence-electron chi connectivity index (χ1n) is 15.1. The summed E-state index contributed by atoms with van der Waals surface area (Å²) in [7, 11) is 1.48. The van der Waals surface area contributed by atoms with Crippen LogP contribution in [0.1, 0.15) is 40.2 Å². The van der Waals surface area contributed by atoms with Gasteiger partial charge in [0.25, 0.3) is 5.91 Å². The van der Waals surface area contributed by atoms with Crippen LogP contribution in [-0.2, 0) is 19.7 Å². The highest BCUT2D eigenvalue weighted by Crippen LogP contribution is 2.45. The highest BCUT2D eigenvalue weighted by molar-refractivity contribution is 6.34. The number of carbonyl (C=O) groups excluding carboxylic acids is 3. The third-order valence-electron chi connectivity index (χ3n) is 7.86. The second kappa shape index (κ2) is 14.5. The molecule has 0 aromatic heterocycles. The monoisotopic (exact) mass is 604 g/mol. The standard InChI is InChI=1S/C34H44N4O6/c1-7-37(8-2)33(41)35-27-21-24(34(3,4)5)22-29(32(27)42-6)38(31(40)23-39)28-13-14-30(26-12-10-9-11-25(26)28)44-20-17-36-15-18-43-19-16-36/h9-14,21-23H,7-8,15-20H2,1-6H3,(H,35,41). The molecule has 44 heavy (non-hydrogen) atoms. The van der Waals surface area contributed by atoms with E-state index in [9.17, 15) is 14.4 Å². The van der Waals surface area contributed by atoms with Crippen molar-refractivity contribution in [3.63, 3.8) is 0 Å². The molecule has 1 heterocycles. The number of hydrogen-bond donors (Lipinski definition) is 1. The molecule has 0 radical (unpaired) electrons. The molecule has 4 rings (SSSR count). The predicted octanol–water partition coefficient (Wildman–Crippen LogP) is 5.59. The smallest absolute Gasteiger partial charge is 0.321 e.